The van der Waals surface area contributed by atoms with E-state index in [4.69, 9.17) is 14.2 Å². The van der Waals surface area contributed by atoms with E-state index in [1.807, 2.05) is 50.2 Å². The molecule has 3 rings (SSSR count). The Morgan fingerprint density at radius 1 is 1.06 bits per heavy atom. The fourth-order valence-electron chi connectivity index (χ4n) is 3.31. The number of benzene rings is 2. The van der Waals surface area contributed by atoms with E-state index in [1.54, 1.807) is 18.0 Å². The quantitative estimate of drug-likeness (QED) is 0.502. The smallest absolute Gasteiger partial charge is 0.291 e. The zero-order chi connectivity index (χ0) is 24.3. The van der Waals surface area contributed by atoms with Gasteiger partial charge in [0.1, 0.15) is 5.84 Å². The summed E-state index contributed by atoms with van der Waals surface area (Å²) in [4.78, 5) is 8.13. The number of guanidine groups is 1. The molecule has 0 saturated heterocycles. The second-order valence-corrected chi connectivity index (χ2v) is 9.16. The summed E-state index contributed by atoms with van der Waals surface area (Å²) in [6.45, 7) is 2.34. The molecule has 2 aromatic carbocycles. The fourth-order valence-corrected chi connectivity index (χ4v) is 4.61. The van der Waals surface area contributed by atoms with Crippen LogP contribution < -0.4 is 19.5 Å². The lowest BCUT2D eigenvalue weighted by Crippen LogP contribution is -2.36. The fraction of sp³-hybridized carbons (Fsp3) is 0.364. The second kappa shape index (κ2) is 9.57. The molecule has 1 heterocycles. The lowest BCUT2D eigenvalue weighted by molar-refractivity contribution is 0.319. The molecule has 0 aliphatic carbocycles. The Morgan fingerprint density at radius 3 is 2.36 bits per heavy atom. The summed E-state index contributed by atoms with van der Waals surface area (Å²) in [5, 5.41) is 3.08. The van der Waals surface area contributed by atoms with Crippen LogP contribution in [0.2, 0.25) is 0 Å². The van der Waals surface area contributed by atoms with Crippen molar-refractivity contribution in [2.75, 3.05) is 47.8 Å². The number of nitrogens with zero attached hydrogens (tertiary/aromatic N) is 4. The molecule has 2 aromatic rings. The van der Waals surface area contributed by atoms with Gasteiger partial charge in [-0.25, -0.2) is 4.99 Å². The lowest BCUT2D eigenvalue weighted by atomic mass is 10.2. The summed E-state index contributed by atoms with van der Waals surface area (Å²) in [6.07, 6.45) is 0. The zero-order valence-electron chi connectivity index (χ0n) is 19.8. The van der Waals surface area contributed by atoms with Gasteiger partial charge in [0.15, 0.2) is 16.4 Å². The molecule has 33 heavy (non-hydrogen) atoms. The summed E-state index contributed by atoms with van der Waals surface area (Å²) >= 11 is 0. The van der Waals surface area contributed by atoms with Crippen LogP contribution in [0.5, 0.6) is 17.2 Å². The largest absolute Gasteiger partial charge is 0.493 e. The van der Waals surface area contributed by atoms with E-state index in [0.717, 1.165) is 17.1 Å². The van der Waals surface area contributed by atoms with Crippen LogP contribution in [0.4, 0.5) is 11.4 Å². The van der Waals surface area contributed by atoms with Gasteiger partial charge in [0.05, 0.1) is 32.7 Å². The maximum atomic E-state index is 13.1. The minimum absolute atomic E-state index is 0.0339. The standard InChI is InChI=1S/C22H29N5O5S/c1-14(26(2)3)23-16-10-8-9-15(11-16)13-27(4)22-24-17-12-18(30-5)19(31-6)20(32-7)21(17)33(28,29)25-22/h8-12H,13H2,1-7H3,(H,24,25). The third kappa shape index (κ3) is 4.98. The molecule has 0 aromatic heterocycles. The number of methoxy groups -OCH3 is 3. The number of ether oxygens (including phenoxy) is 3. The van der Waals surface area contributed by atoms with Crippen molar-refractivity contribution in [2.24, 2.45) is 9.39 Å². The van der Waals surface area contributed by atoms with Gasteiger partial charge in [0.2, 0.25) is 11.7 Å². The van der Waals surface area contributed by atoms with Crippen molar-refractivity contribution in [2.45, 2.75) is 18.4 Å². The SMILES string of the molecule is COc1cc2c(c(OC)c1OC)S(=O)(=O)N=C(N(C)Cc1cccc(N=C(C)N(C)C)c1)N2. The van der Waals surface area contributed by atoms with Crippen molar-refractivity contribution < 1.29 is 22.6 Å². The van der Waals surface area contributed by atoms with Crippen LogP contribution in [0.3, 0.4) is 0 Å². The van der Waals surface area contributed by atoms with Gasteiger partial charge in [-0.15, -0.1) is 4.40 Å². The number of hydrogen-bond acceptors (Lipinski definition) is 8. The Balaban J connectivity index is 1.94. The number of rotatable bonds is 6. The molecule has 0 atom stereocenters. The average Bonchev–Trinajstić information content (AvgIpc) is 2.77. The highest BCUT2D eigenvalue weighted by Crippen LogP contribution is 2.48. The molecular formula is C22H29N5O5S. The number of hydrogen-bond donors (Lipinski definition) is 1. The number of anilines is 1. The van der Waals surface area contributed by atoms with Gasteiger partial charge in [-0.05, 0) is 24.6 Å². The summed E-state index contributed by atoms with van der Waals surface area (Å²) in [6, 6.07) is 9.28. The number of sulfonamides is 1. The van der Waals surface area contributed by atoms with Gasteiger partial charge in [-0.3, -0.25) is 0 Å². The highest BCUT2D eigenvalue weighted by atomic mass is 32.2. The van der Waals surface area contributed by atoms with Crippen molar-refractivity contribution in [3.05, 3.63) is 35.9 Å². The number of aliphatic imine (C=N–C) groups is 1. The molecule has 10 nitrogen and oxygen atoms in total. The number of nitrogens with one attached hydrogen (secondary N) is 1. The van der Waals surface area contributed by atoms with Gasteiger partial charge in [-0.1, -0.05) is 12.1 Å². The Labute approximate surface area is 194 Å². The van der Waals surface area contributed by atoms with E-state index in [1.165, 1.54) is 21.3 Å². The molecule has 0 unspecified atom stereocenters. The maximum Gasteiger partial charge on any atom is 0.291 e. The third-order valence-corrected chi connectivity index (χ3v) is 6.46. The van der Waals surface area contributed by atoms with Crippen LogP contribution in [-0.2, 0) is 16.6 Å². The van der Waals surface area contributed by atoms with Crippen molar-refractivity contribution in [1.82, 2.24) is 9.80 Å². The highest BCUT2D eigenvalue weighted by Gasteiger charge is 2.34. The molecule has 0 spiro atoms. The lowest BCUT2D eigenvalue weighted by Gasteiger charge is -2.27. The monoisotopic (exact) mass is 475 g/mol. The van der Waals surface area contributed by atoms with Crippen LogP contribution in [0.15, 0.2) is 44.6 Å². The molecule has 0 saturated carbocycles. The number of amidine groups is 1. The van der Waals surface area contributed by atoms with Gasteiger partial charge >= 0.3 is 0 Å². The Bertz CT molecular complexity index is 1210. The topological polar surface area (TPSA) is 105 Å². The van der Waals surface area contributed by atoms with Gasteiger partial charge in [0.25, 0.3) is 10.0 Å². The van der Waals surface area contributed by atoms with Crippen LogP contribution >= 0.6 is 0 Å². The van der Waals surface area contributed by atoms with E-state index >= 15 is 0 Å². The van der Waals surface area contributed by atoms with Crippen LogP contribution in [0.25, 0.3) is 0 Å². The Morgan fingerprint density at radius 2 is 1.76 bits per heavy atom. The molecular weight excluding hydrogens is 446 g/mol. The minimum Gasteiger partial charge on any atom is -0.493 e. The average molecular weight is 476 g/mol. The zero-order valence-corrected chi connectivity index (χ0v) is 20.6. The molecule has 1 N–H and O–H groups in total. The van der Waals surface area contributed by atoms with Crippen LogP contribution in [0.1, 0.15) is 12.5 Å². The summed E-state index contributed by atoms with van der Waals surface area (Å²) < 4.78 is 46.1. The van der Waals surface area contributed by atoms with E-state index in [-0.39, 0.29) is 22.4 Å². The molecule has 11 heteroatoms. The van der Waals surface area contributed by atoms with Crippen LogP contribution in [0, 0.1) is 0 Å². The van der Waals surface area contributed by atoms with Crippen molar-refractivity contribution in [3.8, 4) is 17.2 Å². The second-order valence-electron chi connectivity index (χ2n) is 7.62. The van der Waals surface area contributed by atoms with Crippen molar-refractivity contribution >= 4 is 33.2 Å². The first-order chi connectivity index (χ1) is 15.6. The number of fused-ring (bicyclic) bond motifs is 1. The molecule has 0 fully saturated rings. The van der Waals surface area contributed by atoms with E-state index in [0.29, 0.717) is 18.0 Å². The summed E-state index contributed by atoms with van der Waals surface area (Å²) in [7, 11) is 5.80. The normalized spacial score (nSPS) is 14.5. The third-order valence-electron chi connectivity index (χ3n) is 5.13. The molecule has 0 bridgehead atoms. The van der Waals surface area contributed by atoms with Crippen molar-refractivity contribution in [3.63, 3.8) is 0 Å². The maximum absolute atomic E-state index is 13.1. The molecule has 1 aliphatic heterocycles. The van der Waals surface area contributed by atoms with Crippen LogP contribution in [-0.4, -0.2) is 72.5 Å². The van der Waals surface area contributed by atoms with Gasteiger partial charge in [0, 0.05) is 33.8 Å². The molecule has 0 radical (unpaired) electrons. The Hall–Kier alpha value is -3.47. The molecule has 178 valence electrons. The minimum atomic E-state index is -4.07. The molecule has 1 aliphatic rings. The Kier molecular flexibility index (Phi) is 7.01. The van der Waals surface area contributed by atoms with Crippen molar-refractivity contribution in [1.29, 1.82) is 0 Å². The first-order valence-corrected chi connectivity index (χ1v) is 11.5. The first-order valence-electron chi connectivity index (χ1n) is 10.1. The van der Waals surface area contributed by atoms with E-state index < -0.39 is 10.0 Å². The first kappa shape index (κ1) is 24.2. The highest BCUT2D eigenvalue weighted by molar-refractivity contribution is 7.90. The van der Waals surface area contributed by atoms with E-state index in [9.17, 15) is 8.42 Å². The van der Waals surface area contributed by atoms with Gasteiger partial charge < -0.3 is 29.3 Å². The van der Waals surface area contributed by atoms with Gasteiger partial charge in [-0.2, -0.15) is 8.42 Å². The molecule has 0 amide bonds. The van der Waals surface area contributed by atoms with E-state index in [2.05, 4.69) is 14.7 Å². The predicted molar refractivity (Wildman–Crippen MR) is 129 cm³/mol. The summed E-state index contributed by atoms with van der Waals surface area (Å²) in [5.41, 5.74) is 2.05. The predicted octanol–water partition coefficient (Wildman–Crippen LogP) is 2.93. The summed E-state index contributed by atoms with van der Waals surface area (Å²) in [5.74, 6) is 1.60.